The molecule has 40 heavy (non-hydrogen) atoms. The number of ether oxygens (including phenoxy) is 1. The fourth-order valence-corrected chi connectivity index (χ4v) is 5.08. The number of benzene rings is 4. The van der Waals surface area contributed by atoms with Crippen molar-refractivity contribution in [2.75, 3.05) is 0 Å². The van der Waals surface area contributed by atoms with Crippen LogP contribution in [0.2, 0.25) is 0 Å². The number of carbonyl (C=O) groups excluding carboxylic acids is 1. The predicted octanol–water partition coefficient (Wildman–Crippen LogP) is 6.61. The van der Waals surface area contributed by atoms with E-state index in [0.717, 1.165) is 32.3 Å². The molecule has 0 spiro atoms. The zero-order valence-electron chi connectivity index (χ0n) is 21.9. The normalized spacial score (nSPS) is 11.3. The van der Waals surface area contributed by atoms with Gasteiger partial charge in [0.1, 0.15) is 18.4 Å². The second-order valence-corrected chi connectivity index (χ2v) is 10.5. The Hall–Kier alpha value is -4.86. The topological polar surface area (TPSA) is 75.6 Å². The molecule has 1 heterocycles. The molecule has 198 valence electrons. The summed E-state index contributed by atoms with van der Waals surface area (Å²) in [5.41, 5.74) is 4.82. The Morgan fingerprint density at radius 2 is 1.55 bits per heavy atom. The summed E-state index contributed by atoms with van der Waals surface area (Å²) in [7, 11) is 0. The number of thiophene rings is 1. The molecule has 0 aliphatic carbocycles. The van der Waals surface area contributed by atoms with Crippen molar-refractivity contribution in [3.05, 3.63) is 136 Å². The van der Waals surface area contributed by atoms with E-state index in [1.54, 1.807) is 6.07 Å². The molecule has 0 aliphatic heterocycles. The number of carboxylic acids is 1. The first-order valence-corrected chi connectivity index (χ1v) is 13.7. The number of carbonyl (C=O) groups is 2. The second kappa shape index (κ2) is 12.3. The van der Waals surface area contributed by atoms with Gasteiger partial charge in [-0.2, -0.15) is 0 Å². The molecule has 0 radical (unpaired) electrons. The maximum atomic E-state index is 13.0. The van der Waals surface area contributed by atoms with Crippen molar-refractivity contribution in [1.29, 1.82) is 0 Å². The monoisotopic (exact) mass is 545 g/mol. The van der Waals surface area contributed by atoms with Crippen molar-refractivity contribution in [3.63, 3.8) is 0 Å². The maximum absolute atomic E-state index is 13.0. The van der Waals surface area contributed by atoms with Gasteiger partial charge in [0.25, 0.3) is 5.91 Å². The van der Waals surface area contributed by atoms with E-state index < -0.39 is 17.9 Å². The van der Waals surface area contributed by atoms with Gasteiger partial charge in [0.2, 0.25) is 0 Å². The van der Waals surface area contributed by atoms with E-state index in [4.69, 9.17) is 4.74 Å². The van der Waals surface area contributed by atoms with E-state index in [1.807, 2.05) is 104 Å². The Kier molecular flexibility index (Phi) is 8.24. The number of hydrogen-bond acceptors (Lipinski definition) is 4. The molecule has 1 aromatic heterocycles. The van der Waals surface area contributed by atoms with E-state index in [1.165, 1.54) is 16.9 Å². The molecule has 0 bridgehead atoms. The summed E-state index contributed by atoms with van der Waals surface area (Å²) in [5.74, 6) is 5.48. The van der Waals surface area contributed by atoms with Crippen LogP contribution in [0.5, 0.6) is 5.75 Å². The van der Waals surface area contributed by atoms with Crippen molar-refractivity contribution in [3.8, 4) is 17.6 Å². The van der Waals surface area contributed by atoms with Crippen LogP contribution in [0.15, 0.2) is 103 Å². The van der Waals surface area contributed by atoms with Crippen molar-refractivity contribution in [1.82, 2.24) is 5.32 Å². The molecule has 0 fully saturated rings. The number of aryl methyl sites for hydroxylation is 1. The minimum Gasteiger partial charge on any atom is -0.489 e. The van der Waals surface area contributed by atoms with Crippen molar-refractivity contribution in [2.24, 2.45) is 0 Å². The molecule has 5 nitrogen and oxygen atoms in total. The van der Waals surface area contributed by atoms with Gasteiger partial charge in [-0.3, -0.25) is 4.79 Å². The first-order valence-electron chi connectivity index (χ1n) is 12.8. The van der Waals surface area contributed by atoms with Gasteiger partial charge in [0.15, 0.2) is 0 Å². The first-order chi connectivity index (χ1) is 19.4. The number of nitrogens with one attached hydrogen (secondary N) is 1. The fraction of sp³-hybridized carbons (Fsp3) is 0.118. The summed E-state index contributed by atoms with van der Waals surface area (Å²) >= 11 is 1.33. The molecule has 0 saturated carbocycles. The second-order valence-electron chi connectivity index (χ2n) is 9.47. The van der Waals surface area contributed by atoms with Crippen LogP contribution < -0.4 is 10.1 Å². The molecule has 1 atom stereocenters. The average molecular weight is 546 g/mol. The zero-order chi connectivity index (χ0) is 27.9. The standard InChI is InChI=1S/C34H27NO4S/c1-23-7-9-27(10-8-23)22-39-29-16-13-26(14-17-29)20-30(34(37)38)35-33(36)32-21-28-19-25(15-18-31(28)40-32)12-11-24-5-3-2-4-6-24/h2-10,13-19,21,30H,20,22H2,1H3,(H,35,36)(H,37,38)/t30-/m0/s1. The van der Waals surface area contributed by atoms with Crippen LogP contribution in [0.4, 0.5) is 0 Å². The van der Waals surface area contributed by atoms with E-state index in [-0.39, 0.29) is 6.42 Å². The molecule has 2 N–H and O–H groups in total. The molecule has 1 amide bonds. The number of rotatable bonds is 8. The van der Waals surface area contributed by atoms with Gasteiger partial charge in [-0.15, -0.1) is 11.3 Å². The van der Waals surface area contributed by atoms with Gasteiger partial charge in [0, 0.05) is 22.2 Å². The summed E-state index contributed by atoms with van der Waals surface area (Å²) in [6, 6.07) is 31.7. The summed E-state index contributed by atoms with van der Waals surface area (Å²) in [6.45, 7) is 2.49. The van der Waals surface area contributed by atoms with Crippen molar-refractivity contribution >= 4 is 33.3 Å². The van der Waals surface area contributed by atoms with E-state index in [0.29, 0.717) is 17.2 Å². The summed E-state index contributed by atoms with van der Waals surface area (Å²) in [4.78, 5) is 25.4. The third-order valence-electron chi connectivity index (χ3n) is 6.36. The highest BCUT2D eigenvalue weighted by Crippen LogP contribution is 2.27. The van der Waals surface area contributed by atoms with Gasteiger partial charge >= 0.3 is 5.97 Å². The largest absolute Gasteiger partial charge is 0.489 e. The Labute approximate surface area is 237 Å². The molecule has 0 unspecified atom stereocenters. The minimum absolute atomic E-state index is 0.156. The van der Waals surface area contributed by atoms with Crippen LogP contribution in [-0.4, -0.2) is 23.0 Å². The van der Waals surface area contributed by atoms with E-state index in [9.17, 15) is 14.7 Å². The molecule has 6 heteroatoms. The highest BCUT2D eigenvalue weighted by Gasteiger charge is 2.22. The van der Waals surface area contributed by atoms with Crippen molar-refractivity contribution < 1.29 is 19.4 Å². The number of amides is 1. The third-order valence-corrected chi connectivity index (χ3v) is 7.47. The molecule has 5 rings (SSSR count). The Balaban J connectivity index is 1.21. The molecule has 4 aromatic carbocycles. The molecule has 5 aromatic rings. The van der Waals surface area contributed by atoms with Crippen LogP contribution in [0, 0.1) is 18.8 Å². The Bertz CT molecular complexity index is 1690. The van der Waals surface area contributed by atoms with Gasteiger partial charge in [-0.25, -0.2) is 4.79 Å². The first kappa shape index (κ1) is 26.7. The van der Waals surface area contributed by atoms with Crippen molar-refractivity contribution in [2.45, 2.75) is 26.0 Å². The number of carboxylic acid groups (broad SMARTS) is 1. The highest BCUT2D eigenvalue weighted by atomic mass is 32.1. The summed E-state index contributed by atoms with van der Waals surface area (Å²) in [5, 5.41) is 13.4. The van der Waals surface area contributed by atoms with Gasteiger partial charge in [-0.05, 0) is 72.0 Å². The zero-order valence-corrected chi connectivity index (χ0v) is 22.7. The van der Waals surface area contributed by atoms with Gasteiger partial charge < -0.3 is 15.2 Å². The quantitative estimate of drug-likeness (QED) is 0.215. The lowest BCUT2D eigenvalue weighted by Crippen LogP contribution is -2.42. The van der Waals surface area contributed by atoms with E-state index in [2.05, 4.69) is 17.2 Å². The predicted molar refractivity (Wildman–Crippen MR) is 159 cm³/mol. The van der Waals surface area contributed by atoms with Crippen LogP contribution in [-0.2, 0) is 17.8 Å². The lowest BCUT2D eigenvalue weighted by Gasteiger charge is -2.14. The lowest BCUT2D eigenvalue weighted by molar-refractivity contribution is -0.139. The smallest absolute Gasteiger partial charge is 0.326 e. The Morgan fingerprint density at radius 3 is 2.27 bits per heavy atom. The third kappa shape index (κ3) is 6.96. The van der Waals surface area contributed by atoms with Gasteiger partial charge in [-0.1, -0.05) is 72.0 Å². The van der Waals surface area contributed by atoms with Crippen LogP contribution in [0.1, 0.15) is 37.5 Å². The summed E-state index contributed by atoms with van der Waals surface area (Å²) < 4.78 is 6.78. The molecular weight excluding hydrogens is 518 g/mol. The van der Waals surface area contributed by atoms with E-state index >= 15 is 0 Å². The maximum Gasteiger partial charge on any atom is 0.326 e. The minimum atomic E-state index is -1.09. The number of fused-ring (bicyclic) bond motifs is 1. The molecule has 0 aliphatic rings. The lowest BCUT2D eigenvalue weighted by atomic mass is 10.1. The Morgan fingerprint density at radius 1 is 0.850 bits per heavy atom. The van der Waals surface area contributed by atoms with Crippen LogP contribution in [0.3, 0.4) is 0 Å². The summed E-state index contributed by atoms with van der Waals surface area (Å²) in [6.07, 6.45) is 0.156. The highest BCUT2D eigenvalue weighted by molar-refractivity contribution is 7.20. The molecular formula is C34H27NO4S. The SMILES string of the molecule is Cc1ccc(COc2ccc(C[C@H](NC(=O)c3cc4cc(C#Cc5ccccc5)ccc4s3)C(=O)O)cc2)cc1. The van der Waals surface area contributed by atoms with Gasteiger partial charge in [0.05, 0.1) is 4.88 Å². The van der Waals surface area contributed by atoms with Crippen LogP contribution >= 0.6 is 11.3 Å². The average Bonchev–Trinajstić information content (AvgIpc) is 3.40. The number of aliphatic carboxylic acids is 1. The number of hydrogen-bond donors (Lipinski definition) is 2. The molecule has 0 saturated heterocycles. The van der Waals surface area contributed by atoms with Crippen LogP contribution in [0.25, 0.3) is 10.1 Å². The fourth-order valence-electron chi connectivity index (χ4n) is 4.14.